The lowest BCUT2D eigenvalue weighted by atomic mass is 10.1. The molecule has 7 heteroatoms. The van der Waals surface area contributed by atoms with Crippen LogP contribution in [0.1, 0.15) is 20.7 Å². The Morgan fingerprint density at radius 2 is 1.86 bits per heavy atom. The Hall–Kier alpha value is -3.09. The fraction of sp³-hybridized carbons (Fsp3) is 0. The quantitative estimate of drug-likeness (QED) is 0.510. The van der Waals surface area contributed by atoms with Crippen molar-refractivity contribution in [2.75, 3.05) is 11.1 Å². The van der Waals surface area contributed by atoms with Crippen LogP contribution in [0.15, 0.2) is 36.4 Å². The summed E-state index contributed by atoms with van der Waals surface area (Å²) in [5.41, 5.74) is 4.70. The first kappa shape index (κ1) is 14.3. The number of nitrogens with two attached hydrogens (primary N) is 1. The number of amides is 1. The minimum absolute atomic E-state index is 0.0334. The molecule has 0 radical (unpaired) electrons. The molecule has 0 aliphatic heterocycles. The molecule has 0 aliphatic carbocycles. The van der Waals surface area contributed by atoms with Crippen LogP contribution in [0.3, 0.4) is 0 Å². The van der Waals surface area contributed by atoms with Gasteiger partial charge in [-0.2, -0.15) is 0 Å². The van der Waals surface area contributed by atoms with Gasteiger partial charge in [0.2, 0.25) is 0 Å². The molecule has 0 bridgehead atoms. The molecular weight excluding hydrogens is 279 g/mol. The predicted molar refractivity (Wildman–Crippen MR) is 73.8 cm³/mol. The number of phenols is 1. The standard InChI is InChI=1S/C14H11FN2O4/c15-10-3-1-2-8(12(10)16)13(19)17-11-5-4-7(18)6-9(11)14(20)21/h1-6,18H,16H2,(H,17,19)(H,20,21). The van der Waals surface area contributed by atoms with Gasteiger partial charge in [-0.3, -0.25) is 4.79 Å². The van der Waals surface area contributed by atoms with E-state index in [4.69, 9.17) is 10.8 Å². The van der Waals surface area contributed by atoms with Crippen molar-refractivity contribution < 1.29 is 24.2 Å². The highest BCUT2D eigenvalue weighted by Gasteiger charge is 2.17. The SMILES string of the molecule is Nc1c(F)cccc1C(=O)Nc1ccc(O)cc1C(=O)O. The Labute approximate surface area is 118 Å². The average molecular weight is 290 g/mol. The highest BCUT2D eigenvalue weighted by molar-refractivity contribution is 6.10. The second-order valence-corrected chi connectivity index (χ2v) is 4.19. The number of carboxylic acid groups (broad SMARTS) is 1. The monoisotopic (exact) mass is 290 g/mol. The van der Waals surface area contributed by atoms with Gasteiger partial charge in [0, 0.05) is 0 Å². The normalized spacial score (nSPS) is 10.1. The minimum Gasteiger partial charge on any atom is -0.508 e. The second kappa shape index (κ2) is 5.49. The highest BCUT2D eigenvalue weighted by atomic mass is 19.1. The lowest BCUT2D eigenvalue weighted by Crippen LogP contribution is -2.16. The molecule has 0 saturated carbocycles. The molecule has 0 atom stereocenters. The van der Waals surface area contributed by atoms with Gasteiger partial charge in [-0.15, -0.1) is 0 Å². The molecule has 21 heavy (non-hydrogen) atoms. The van der Waals surface area contributed by atoms with Crippen LogP contribution in [0.4, 0.5) is 15.8 Å². The van der Waals surface area contributed by atoms with Crippen molar-refractivity contribution in [3.63, 3.8) is 0 Å². The van der Waals surface area contributed by atoms with Crippen molar-refractivity contribution in [3.8, 4) is 5.75 Å². The number of aromatic hydroxyl groups is 1. The first-order valence-corrected chi connectivity index (χ1v) is 5.82. The van der Waals surface area contributed by atoms with E-state index in [1.165, 1.54) is 24.3 Å². The van der Waals surface area contributed by atoms with Crippen molar-refractivity contribution in [2.24, 2.45) is 0 Å². The summed E-state index contributed by atoms with van der Waals surface area (Å²) in [5, 5.41) is 20.6. The first-order chi connectivity index (χ1) is 9.90. The summed E-state index contributed by atoms with van der Waals surface area (Å²) in [7, 11) is 0. The summed E-state index contributed by atoms with van der Waals surface area (Å²) in [4.78, 5) is 23.1. The van der Waals surface area contributed by atoms with E-state index in [2.05, 4.69) is 5.32 Å². The molecule has 0 unspecified atom stereocenters. The van der Waals surface area contributed by atoms with Crippen molar-refractivity contribution in [2.45, 2.75) is 0 Å². The number of nitrogen functional groups attached to an aromatic ring is 1. The Kier molecular flexibility index (Phi) is 3.75. The zero-order valence-corrected chi connectivity index (χ0v) is 10.6. The number of carboxylic acids is 1. The number of anilines is 2. The fourth-order valence-electron chi connectivity index (χ4n) is 1.74. The molecule has 0 aromatic heterocycles. The number of rotatable bonds is 3. The number of aromatic carboxylic acids is 1. The topological polar surface area (TPSA) is 113 Å². The maximum absolute atomic E-state index is 13.3. The highest BCUT2D eigenvalue weighted by Crippen LogP contribution is 2.23. The third-order valence-corrected chi connectivity index (χ3v) is 2.78. The molecule has 0 saturated heterocycles. The molecule has 6 nitrogen and oxygen atoms in total. The second-order valence-electron chi connectivity index (χ2n) is 4.19. The Bertz CT molecular complexity index is 731. The van der Waals surface area contributed by atoms with Gasteiger partial charge in [0.1, 0.15) is 11.6 Å². The number of carbonyl (C=O) groups is 2. The zero-order valence-electron chi connectivity index (χ0n) is 10.6. The molecule has 1 amide bonds. The maximum atomic E-state index is 13.3. The van der Waals surface area contributed by atoms with Crippen molar-refractivity contribution in [1.82, 2.24) is 0 Å². The molecule has 5 N–H and O–H groups in total. The summed E-state index contributed by atoms with van der Waals surface area (Å²) < 4.78 is 13.3. The van der Waals surface area contributed by atoms with Gasteiger partial charge >= 0.3 is 5.97 Å². The maximum Gasteiger partial charge on any atom is 0.337 e. The van der Waals surface area contributed by atoms with Crippen molar-refractivity contribution in [1.29, 1.82) is 0 Å². The molecule has 2 aromatic rings. The van der Waals surface area contributed by atoms with Gasteiger partial charge in [-0.1, -0.05) is 6.07 Å². The molecular formula is C14H11FN2O4. The molecule has 2 rings (SSSR count). The number of halogens is 1. The summed E-state index contributed by atoms with van der Waals surface area (Å²) in [6, 6.07) is 7.18. The van der Waals surface area contributed by atoms with E-state index in [1.807, 2.05) is 0 Å². The summed E-state index contributed by atoms with van der Waals surface area (Å²) in [6.45, 7) is 0. The number of hydrogen-bond donors (Lipinski definition) is 4. The Balaban J connectivity index is 2.36. The summed E-state index contributed by atoms with van der Waals surface area (Å²) >= 11 is 0. The number of carbonyl (C=O) groups excluding carboxylic acids is 1. The van der Waals surface area contributed by atoms with Gasteiger partial charge in [-0.25, -0.2) is 9.18 Å². The van der Waals surface area contributed by atoms with E-state index in [-0.39, 0.29) is 28.3 Å². The summed E-state index contributed by atoms with van der Waals surface area (Å²) in [5.74, 6) is -3.07. The van der Waals surface area contributed by atoms with E-state index < -0.39 is 17.7 Å². The van der Waals surface area contributed by atoms with Gasteiger partial charge in [0.25, 0.3) is 5.91 Å². The number of nitrogens with one attached hydrogen (secondary N) is 1. The van der Waals surface area contributed by atoms with Crippen LogP contribution in [0.5, 0.6) is 5.75 Å². The van der Waals surface area contributed by atoms with Crippen LogP contribution in [0.2, 0.25) is 0 Å². The third kappa shape index (κ3) is 2.92. The smallest absolute Gasteiger partial charge is 0.337 e. The molecule has 0 aliphatic rings. The van der Waals surface area contributed by atoms with Gasteiger partial charge in [0.15, 0.2) is 0 Å². The van der Waals surface area contributed by atoms with E-state index in [0.717, 1.165) is 12.1 Å². The molecule has 0 spiro atoms. The molecule has 108 valence electrons. The van der Waals surface area contributed by atoms with Crippen molar-refractivity contribution in [3.05, 3.63) is 53.3 Å². The summed E-state index contributed by atoms with van der Waals surface area (Å²) in [6.07, 6.45) is 0. The molecule has 0 fully saturated rings. The van der Waals surface area contributed by atoms with Crippen LogP contribution in [-0.2, 0) is 0 Å². The molecule has 0 heterocycles. The van der Waals surface area contributed by atoms with Crippen LogP contribution in [0, 0.1) is 5.82 Å². The van der Waals surface area contributed by atoms with E-state index in [1.54, 1.807) is 0 Å². The van der Waals surface area contributed by atoms with E-state index in [0.29, 0.717) is 0 Å². The predicted octanol–water partition coefficient (Wildman–Crippen LogP) is 2.06. The fourth-order valence-corrected chi connectivity index (χ4v) is 1.74. The van der Waals surface area contributed by atoms with Gasteiger partial charge < -0.3 is 21.3 Å². The van der Waals surface area contributed by atoms with Crippen LogP contribution in [-0.4, -0.2) is 22.1 Å². The average Bonchev–Trinajstić information content (AvgIpc) is 2.43. The van der Waals surface area contributed by atoms with Crippen LogP contribution < -0.4 is 11.1 Å². The first-order valence-electron chi connectivity index (χ1n) is 5.82. The van der Waals surface area contributed by atoms with E-state index in [9.17, 15) is 19.1 Å². The zero-order chi connectivity index (χ0) is 15.6. The van der Waals surface area contributed by atoms with E-state index >= 15 is 0 Å². The van der Waals surface area contributed by atoms with Crippen molar-refractivity contribution >= 4 is 23.3 Å². The third-order valence-electron chi connectivity index (χ3n) is 2.78. The number of phenolic OH excluding ortho intramolecular Hbond substituents is 1. The Morgan fingerprint density at radius 1 is 1.14 bits per heavy atom. The lowest BCUT2D eigenvalue weighted by molar-refractivity contribution is 0.0697. The Morgan fingerprint density at radius 3 is 2.52 bits per heavy atom. The van der Waals surface area contributed by atoms with Crippen LogP contribution in [0.25, 0.3) is 0 Å². The van der Waals surface area contributed by atoms with Gasteiger partial charge in [0.05, 0.1) is 22.5 Å². The minimum atomic E-state index is -1.33. The number of para-hydroxylation sites is 1. The number of hydrogen-bond acceptors (Lipinski definition) is 4. The number of benzene rings is 2. The van der Waals surface area contributed by atoms with Crippen LogP contribution >= 0.6 is 0 Å². The molecule has 2 aromatic carbocycles. The lowest BCUT2D eigenvalue weighted by Gasteiger charge is -2.10. The van der Waals surface area contributed by atoms with Gasteiger partial charge in [-0.05, 0) is 30.3 Å². The largest absolute Gasteiger partial charge is 0.508 e.